The molecule has 0 aliphatic carbocycles. The Morgan fingerprint density at radius 2 is 1.04 bits per heavy atom. The molecule has 5 heterocycles. The van der Waals surface area contributed by atoms with E-state index in [2.05, 4.69) is 154 Å². The van der Waals surface area contributed by atoms with Gasteiger partial charge in [0.1, 0.15) is 11.2 Å². The van der Waals surface area contributed by atoms with Gasteiger partial charge in [0, 0.05) is 71.1 Å². The van der Waals surface area contributed by atoms with Gasteiger partial charge in [0.15, 0.2) is 5.82 Å². The van der Waals surface area contributed by atoms with Crippen LogP contribution in [0.2, 0.25) is 0 Å². The highest BCUT2D eigenvalue weighted by Gasteiger charge is 2.27. The summed E-state index contributed by atoms with van der Waals surface area (Å²) in [4.78, 5) is 20.6. The zero-order chi connectivity index (χ0) is 36.0. The third kappa shape index (κ3) is 4.35. The van der Waals surface area contributed by atoms with Crippen LogP contribution < -0.4 is 0 Å². The van der Waals surface area contributed by atoms with E-state index in [-0.39, 0.29) is 0 Å². The molecule has 12 rings (SSSR count). The average Bonchev–Trinajstić information content (AvgIpc) is 3.92. The van der Waals surface area contributed by atoms with E-state index in [0.717, 1.165) is 60.3 Å². The molecule has 6 nitrogen and oxygen atoms in total. The Morgan fingerprint density at radius 1 is 0.455 bits per heavy atom. The summed E-state index contributed by atoms with van der Waals surface area (Å²) < 4.78 is 6.09. The summed E-state index contributed by atoms with van der Waals surface area (Å²) in [6.45, 7) is 0. The standard InChI is InChI=1S/C48H28N6S/c1-3-13-29(14-4-1)43-33-17-7-10-20-37(33)51-47(52-43)30-23-25-32(26-24-30)54-38-21-11-8-18-34(38)40-44-41(46-42(45(40)54)36-27-49-28-50-48(36)55-46)35-19-9-12-22-39(35)53(44)31-15-5-2-6-16-31/h1-28H. The summed E-state index contributed by atoms with van der Waals surface area (Å²) in [5.74, 6) is 0.698. The van der Waals surface area contributed by atoms with Crippen molar-refractivity contribution >= 4 is 86.2 Å². The molecule has 0 saturated heterocycles. The minimum Gasteiger partial charge on any atom is -0.308 e. The largest absolute Gasteiger partial charge is 0.308 e. The second kappa shape index (κ2) is 11.6. The average molecular weight is 721 g/mol. The van der Waals surface area contributed by atoms with Crippen molar-refractivity contribution in [1.29, 1.82) is 0 Å². The second-order valence-corrected chi connectivity index (χ2v) is 14.9. The number of fused-ring (bicyclic) bond motifs is 13. The summed E-state index contributed by atoms with van der Waals surface area (Å²) in [7, 11) is 0. The first-order valence-corrected chi connectivity index (χ1v) is 19.1. The number of benzene rings is 7. The SMILES string of the molecule is c1ccc(-c2nc(-c3ccc(-n4c5ccccc5c5c6c(c7ccccc7n6-c6ccccc6)c6sc7ncncc7c6c54)cc3)nc3ccccc23)cc1. The van der Waals surface area contributed by atoms with E-state index in [1.807, 2.05) is 24.4 Å². The van der Waals surface area contributed by atoms with E-state index in [4.69, 9.17) is 15.0 Å². The van der Waals surface area contributed by atoms with Crippen molar-refractivity contribution in [2.24, 2.45) is 0 Å². The van der Waals surface area contributed by atoms with Crippen LogP contribution in [-0.4, -0.2) is 29.1 Å². The Labute approximate surface area is 318 Å². The molecule has 256 valence electrons. The highest BCUT2D eigenvalue weighted by molar-refractivity contribution is 7.26. The van der Waals surface area contributed by atoms with Gasteiger partial charge in [0.2, 0.25) is 0 Å². The molecule has 0 N–H and O–H groups in total. The molecule has 0 bridgehead atoms. The predicted molar refractivity (Wildman–Crippen MR) is 228 cm³/mol. The maximum absolute atomic E-state index is 5.16. The maximum Gasteiger partial charge on any atom is 0.160 e. The lowest BCUT2D eigenvalue weighted by Crippen LogP contribution is -1.97. The van der Waals surface area contributed by atoms with E-state index in [1.165, 1.54) is 42.7 Å². The Bertz CT molecular complexity index is 3470. The van der Waals surface area contributed by atoms with Gasteiger partial charge < -0.3 is 9.13 Å². The molecule has 7 aromatic carbocycles. The lowest BCUT2D eigenvalue weighted by atomic mass is 10.0. The molecule has 5 aromatic heterocycles. The Kier molecular flexibility index (Phi) is 6.40. The van der Waals surface area contributed by atoms with Crippen LogP contribution in [0.5, 0.6) is 0 Å². The highest BCUT2D eigenvalue weighted by atomic mass is 32.1. The van der Waals surface area contributed by atoms with E-state index in [9.17, 15) is 0 Å². The van der Waals surface area contributed by atoms with Crippen molar-refractivity contribution in [3.8, 4) is 34.0 Å². The summed E-state index contributed by atoms with van der Waals surface area (Å²) in [6.07, 6.45) is 3.64. The van der Waals surface area contributed by atoms with Gasteiger partial charge in [-0.1, -0.05) is 103 Å². The summed E-state index contributed by atoms with van der Waals surface area (Å²) in [5.41, 5.74) is 10.7. The Morgan fingerprint density at radius 3 is 1.76 bits per heavy atom. The van der Waals surface area contributed by atoms with Crippen LogP contribution in [0, 0.1) is 0 Å². The third-order valence-corrected chi connectivity index (χ3v) is 12.0. The van der Waals surface area contributed by atoms with Crippen LogP contribution in [0.15, 0.2) is 170 Å². The predicted octanol–water partition coefficient (Wildman–Crippen LogP) is 12.3. The molecular weight excluding hydrogens is 693 g/mol. The fourth-order valence-corrected chi connectivity index (χ4v) is 9.75. The van der Waals surface area contributed by atoms with Gasteiger partial charge in [-0.05, 0) is 54.6 Å². The van der Waals surface area contributed by atoms with Crippen LogP contribution >= 0.6 is 11.3 Å². The van der Waals surface area contributed by atoms with Crippen molar-refractivity contribution in [3.05, 3.63) is 170 Å². The number of hydrogen-bond donors (Lipinski definition) is 0. The first kappa shape index (κ1) is 30.3. The molecule has 0 aliphatic rings. The minimum atomic E-state index is 0.698. The lowest BCUT2D eigenvalue weighted by Gasteiger charge is -2.13. The zero-order valence-electron chi connectivity index (χ0n) is 29.3. The fraction of sp³-hybridized carbons (Fsp3) is 0. The van der Waals surface area contributed by atoms with Crippen molar-refractivity contribution in [1.82, 2.24) is 29.1 Å². The molecule has 0 aliphatic heterocycles. The number of hydrogen-bond acceptors (Lipinski definition) is 5. The molecule has 0 unspecified atom stereocenters. The minimum absolute atomic E-state index is 0.698. The Hall–Kier alpha value is -7.22. The van der Waals surface area contributed by atoms with Gasteiger partial charge >= 0.3 is 0 Å². The molecule has 0 atom stereocenters. The summed E-state index contributed by atoms with van der Waals surface area (Å²) in [6, 6.07) is 55.6. The topological polar surface area (TPSA) is 61.4 Å². The van der Waals surface area contributed by atoms with Gasteiger partial charge in [-0.3, -0.25) is 0 Å². The van der Waals surface area contributed by atoms with Gasteiger partial charge in [0.05, 0.1) is 33.3 Å². The number of nitrogens with zero attached hydrogens (tertiary/aromatic N) is 6. The van der Waals surface area contributed by atoms with Gasteiger partial charge in [0.25, 0.3) is 0 Å². The monoisotopic (exact) mass is 720 g/mol. The smallest absolute Gasteiger partial charge is 0.160 e. The highest BCUT2D eigenvalue weighted by Crippen LogP contribution is 2.50. The summed E-state index contributed by atoms with van der Waals surface area (Å²) in [5, 5.41) is 8.13. The molecule has 0 saturated carbocycles. The molecule has 55 heavy (non-hydrogen) atoms. The van der Waals surface area contributed by atoms with Crippen molar-refractivity contribution in [2.45, 2.75) is 0 Å². The van der Waals surface area contributed by atoms with Crippen LogP contribution in [0.3, 0.4) is 0 Å². The van der Waals surface area contributed by atoms with E-state index in [0.29, 0.717) is 5.82 Å². The lowest BCUT2D eigenvalue weighted by molar-refractivity contribution is 1.17. The zero-order valence-corrected chi connectivity index (χ0v) is 30.1. The molecular formula is C48H28N6S. The Balaban J connectivity index is 1.18. The number of rotatable bonds is 4. The molecule has 0 amide bonds. The van der Waals surface area contributed by atoms with E-state index < -0.39 is 0 Å². The summed E-state index contributed by atoms with van der Waals surface area (Å²) >= 11 is 1.75. The van der Waals surface area contributed by atoms with Crippen LogP contribution in [-0.2, 0) is 0 Å². The van der Waals surface area contributed by atoms with Gasteiger partial charge in [-0.2, -0.15) is 0 Å². The van der Waals surface area contributed by atoms with Gasteiger partial charge in [-0.25, -0.2) is 19.9 Å². The first-order valence-electron chi connectivity index (χ1n) is 18.3. The number of thiophene rings is 1. The van der Waals surface area contributed by atoms with E-state index >= 15 is 0 Å². The molecule has 7 heteroatoms. The van der Waals surface area contributed by atoms with Crippen LogP contribution in [0.4, 0.5) is 0 Å². The molecule has 12 aromatic rings. The molecule has 0 fully saturated rings. The van der Waals surface area contributed by atoms with Crippen LogP contribution in [0.1, 0.15) is 0 Å². The first-order chi connectivity index (χ1) is 27.3. The third-order valence-electron chi connectivity index (χ3n) is 10.9. The quantitative estimate of drug-likeness (QED) is 0.182. The number of para-hydroxylation sites is 4. The maximum atomic E-state index is 5.16. The van der Waals surface area contributed by atoms with Gasteiger partial charge in [-0.15, -0.1) is 11.3 Å². The fourth-order valence-electron chi connectivity index (χ4n) is 8.57. The number of aromatic nitrogens is 6. The molecule has 0 spiro atoms. The van der Waals surface area contributed by atoms with E-state index in [1.54, 1.807) is 17.7 Å². The van der Waals surface area contributed by atoms with Crippen molar-refractivity contribution < 1.29 is 0 Å². The molecule has 0 radical (unpaired) electrons. The second-order valence-electron chi connectivity index (χ2n) is 13.9. The van der Waals surface area contributed by atoms with Crippen molar-refractivity contribution in [3.63, 3.8) is 0 Å². The normalized spacial score (nSPS) is 12.0. The van der Waals surface area contributed by atoms with Crippen molar-refractivity contribution in [2.75, 3.05) is 0 Å². The van der Waals surface area contributed by atoms with Crippen LogP contribution in [0.25, 0.3) is 109 Å².